The first kappa shape index (κ1) is 30.5. The fourth-order valence-corrected chi connectivity index (χ4v) is 4.28. The van der Waals surface area contributed by atoms with Crippen molar-refractivity contribution in [2.45, 2.75) is 76.5 Å². The second kappa shape index (κ2) is 15.5. The summed E-state index contributed by atoms with van der Waals surface area (Å²) in [6, 6.07) is -3.49. The first-order valence-electron chi connectivity index (χ1n) is 12.0. The van der Waals surface area contributed by atoms with Crippen molar-refractivity contribution in [3.8, 4) is 0 Å². The molecule has 9 N–H and O–H groups in total. The van der Waals surface area contributed by atoms with Crippen LogP contribution < -0.4 is 27.8 Å². The Hall–Kier alpha value is -2.54. The van der Waals surface area contributed by atoms with Gasteiger partial charge in [-0.05, 0) is 50.0 Å². The molecule has 3 amide bonds. The van der Waals surface area contributed by atoms with E-state index >= 15 is 0 Å². The smallest absolute Gasteiger partial charge is 0.326 e. The average Bonchev–Trinajstić information content (AvgIpc) is 3.31. The Labute approximate surface area is 211 Å². The minimum atomic E-state index is -1.18. The van der Waals surface area contributed by atoms with Crippen LogP contribution in [-0.4, -0.2) is 88.9 Å². The molecule has 5 atom stereocenters. The third-order valence-corrected chi connectivity index (χ3v) is 6.83. The van der Waals surface area contributed by atoms with Crippen LogP contribution in [-0.2, 0) is 19.2 Å². The van der Waals surface area contributed by atoms with Crippen LogP contribution in [0.2, 0.25) is 0 Å². The molecule has 0 spiro atoms. The number of rotatable bonds is 15. The average molecular weight is 516 g/mol. The molecule has 0 radical (unpaired) electrons. The Balaban J connectivity index is 2.89. The number of carbonyl (C=O) groups is 4. The van der Waals surface area contributed by atoms with Gasteiger partial charge in [0.25, 0.3) is 0 Å². The van der Waals surface area contributed by atoms with Crippen LogP contribution in [0.25, 0.3) is 0 Å². The molecule has 0 aliphatic carbocycles. The van der Waals surface area contributed by atoms with Crippen LogP contribution >= 0.6 is 11.8 Å². The van der Waals surface area contributed by atoms with Gasteiger partial charge in [-0.3, -0.25) is 19.4 Å². The molecule has 0 bridgehead atoms. The largest absolute Gasteiger partial charge is 0.480 e. The van der Waals surface area contributed by atoms with E-state index in [0.717, 1.165) is 6.42 Å². The molecular formula is C22H41N7O5S. The van der Waals surface area contributed by atoms with Gasteiger partial charge in [0.05, 0.1) is 6.04 Å². The van der Waals surface area contributed by atoms with Gasteiger partial charge in [-0.15, -0.1) is 0 Å². The van der Waals surface area contributed by atoms with Gasteiger partial charge >= 0.3 is 5.97 Å². The van der Waals surface area contributed by atoms with Gasteiger partial charge in [-0.25, -0.2) is 4.79 Å². The third kappa shape index (κ3) is 9.92. The van der Waals surface area contributed by atoms with Gasteiger partial charge in [0, 0.05) is 13.1 Å². The Morgan fingerprint density at radius 1 is 1.17 bits per heavy atom. The highest BCUT2D eigenvalue weighted by atomic mass is 32.2. The topological polar surface area (TPSA) is 206 Å². The van der Waals surface area contributed by atoms with Crippen molar-refractivity contribution in [1.82, 2.24) is 15.5 Å². The lowest BCUT2D eigenvalue weighted by molar-refractivity contribution is -0.145. The molecule has 1 aliphatic heterocycles. The predicted molar refractivity (Wildman–Crippen MR) is 137 cm³/mol. The Morgan fingerprint density at radius 2 is 1.86 bits per heavy atom. The van der Waals surface area contributed by atoms with E-state index in [4.69, 9.17) is 17.2 Å². The molecule has 200 valence electrons. The number of aliphatic imine (C=N–C) groups is 1. The molecule has 13 heteroatoms. The maximum atomic E-state index is 13.4. The summed E-state index contributed by atoms with van der Waals surface area (Å²) < 4.78 is 0. The molecule has 0 aromatic heterocycles. The number of carbonyl (C=O) groups excluding carboxylic acids is 3. The molecule has 1 heterocycles. The number of carboxylic acids is 1. The van der Waals surface area contributed by atoms with E-state index in [-0.39, 0.29) is 30.8 Å². The highest BCUT2D eigenvalue weighted by Gasteiger charge is 2.39. The van der Waals surface area contributed by atoms with Gasteiger partial charge in [0.15, 0.2) is 5.96 Å². The summed E-state index contributed by atoms with van der Waals surface area (Å²) in [5.41, 5.74) is 16.6. The second-order valence-corrected chi connectivity index (χ2v) is 9.78. The van der Waals surface area contributed by atoms with E-state index in [9.17, 15) is 24.3 Å². The quantitative estimate of drug-likeness (QED) is 0.0916. The van der Waals surface area contributed by atoms with E-state index in [0.29, 0.717) is 38.0 Å². The van der Waals surface area contributed by atoms with E-state index < -0.39 is 42.0 Å². The van der Waals surface area contributed by atoms with Crippen LogP contribution in [0.3, 0.4) is 0 Å². The number of carboxylic acid groups (broad SMARTS) is 1. The Kier molecular flexibility index (Phi) is 13.5. The second-order valence-electron chi connectivity index (χ2n) is 8.79. The van der Waals surface area contributed by atoms with Crippen LogP contribution in [0.15, 0.2) is 4.99 Å². The van der Waals surface area contributed by atoms with Gasteiger partial charge in [-0.2, -0.15) is 11.8 Å². The van der Waals surface area contributed by atoms with E-state index in [1.165, 1.54) is 4.90 Å². The zero-order valence-corrected chi connectivity index (χ0v) is 21.7. The zero-order valence-electron chi connectivity index (χ0n) is 20.9. The van der Waals surface area contributed by atoms with E-state index in [1.54, 1.807) is 11.8 Å². The molecule has 0 aromatic carbocycles. The van der Waals surface area contributed by atoms with Gasteiger partial charge < -0.3 is 37.8 Å². The number of nitrogens with two attached hydrogens (primary N) is 3. The summed E-state index contributed by atoms with van der Waals surface area (Å²) in [4.78, 5) is 55.9. The highest BCUT2D eigenvalue weighted by Crippen LogP contribution is 2.20. The zero-order chi connectivity index (χ0) is 26.5. The van der Waals surface area contributed by atoms with Gasteiger partial charge in [-0.1, -0.05) is 20.3 Å². The number of amides is 3. The number of hydrogen-bond acceptors (Lipinski definition) is 7. The molecule has 12 nitrogen and oxygen atoms in total. The minimum Gasteiger partial charge on any atom is -0.480 e. The lowest BCUT2D eigenvalue weighted by atomic mass is 9.99. The minimum absolute atomic E-state index is 0.0449. The lowest BCUT2D eigenvalue weighted by Crippen LogP contribution is -2.57. The Morgan fingerprint density at radius 3 is 2.43 bits per heavy atom. The molecule has 1 saturated heterocycles. The summed E-state index contributed by atoms with van der Waals surface area (Å²) in [5.74, 6) is -1.96. The van der Waals surface area contributed by atoms with Gasteiger partial charge in [0.2, 0.25) is 17.7 Å². The summed E-state index contributed by atoms with van der Waals surface area (Å²) >= 11 is 1.54. The van der Waals surface area contributed by atoms with Crippen LogP contribution in [0.4, 0.5) is 0 Å². The maximum Gasteiger partial charge on any atom is 0.326 e. The number of hydrogen-bond donors (Lipinski definition) is 6. The first-order valence-corrected chi connectivity index (χ1v) is 13.4. The summed E-state index contributed by atoms with van der Waals surface area (Å²) in [5, 5.41) is 14.8. The molecule has 1 rings (SSSR count). The lowest BCUT2D eigenvalue weighted by Gasteiger charge is -2.30. The fraction of sp³-hybridized carbons (Fsp3) is 0.773. The highest BCUT2D eigenvalue weighted by molar-refractivity contribution is 7.98. The summed E-state index contributed by atoms with van der Waals surface area (Å²) in [7, 11) is 0. The number of nitrogens with one attached hydrogen (secondary N) is 2. The SMILES string of the molecule is CCC(C)C(N)C(=O)NC(CCSC)C(=O)N1CCCC1C(=O)NC(CCCN=C(N)N)C(=O)O. The van der Waals surface area contributed by atoms with Crippen molar-refractivity contribution in [3.05, 3.63) is 0 Å². The van der Waals surface area contributed by atoms with Crippen molar-refractivity contribution in [3.63, 3.8) is 0 Å². The summed E-state index contributed by atoms with van der Waals surface area (Å²) in [6.07, 6.45) is 4.53. The van der Waals surface area contributed by atoms with Crippen molar-refractivity contribution in [1.29, 1.82) is 0 Å². The van der Waals surface area contributed by atoms with Crippen molar-refractivity contribution in [2.24, 2.45) is 28.1 Å². The number of aliphatic carboxylic acids is 1. The molecule has 35 heavy (non-hydrogen) atoms. The van der Waals surface area contributed by atoms with Crippen LogP contribution in [0.1, 0.15) is 52.4 Å². The molecule has 0 saturated carbocycles. The number of guanidine groups is 1. The van der Waals surface area contributed by atoms with Crippen molar-refractivity contribution < 1.29 is 24.3 Å². The molecule has 5 unspecified atom stereocenters. The maximum absolute atomic E-state index is 13.4. The van der Waals surface area contributed by atoms with Crippen molar-refractivity contribution >= 4 is 41.4 Å². The number of nitrogens with zero attached hydrogens (tertiary/aromatic N) is 2. The van der Waals surface area contributed by atoms with Crippen LogP contribution in [0, 0.1) is 5.92 Å². The van der Waals surface area contributed by atoms with Crippen LogP contribution in [0.5, 0.6) is 0 Å². The van der Waals surface area contributed by atoms with E-state index in [1.807, 2.05) is 20.1 Å². The molecule has 1 aliphatic rings. The standard InChI is InChI=1S/C22H41N7O5S/c1-4-13(2)17(23)19(31)27-14(9-12-35-3)20(32)29-11-6-8-16(29)18(30)28-15(21(33)34)7-5-10-26-22(24)25/h13-17H,4-12,23H2,1-3H3,(H,27,31)(H,28,30)(H,33,34)(H4,24,25,26). The van der Waals surface area contributed by atoms with Gasteiger partial charge in [0.1, 0.15) is 18.1 Å². The molecule has 1 fully saturated rings. The third-order valence-electron chi connectivity index (χ3n) is 6.18. The first-order chi connectivity index (χ1) is 16.5. The molecule has 0 aromatic rings. The van der Waals surface area contributed by atoms with Crippen molar-refractivity contribution in [2.75, 3.05) is 25.1 Å². The molecular weight excluding hydrogens is 474 g/mol. The normalized spacial score (nSPS) is 18.7. The number of likely N-dealkylation sites (tertiary alicyclic amines) is 1. The number of thioether (sulfide) groups is 1. The van der Waals surface area contributed by atoms with E-state index in [2.05, 4.69) is 15.6 Å². The monoisotopic (exact) mass is 515 g/mol. The predicted octanol–water partition coefficient (Wildman–Crippen LogP) is -0.788. The fourth-order valence-electron chi connectivity index (χ4n) is 3.81. The summed E-state index contributed by atoms with van der Waals surface area (Å²) in [6.45, 7) is 4.40. The Bertz CT molecular complexity index is 762.